The molecule has 7 heteroatoms. The van der Waals surface area contributed by atoms with Crippen molar-refractivity contribution in [1.29, 1.82) is 0 Å². The summed E-state index contributed by atoms with van der Waals surface area (Å²) in [7, 11) is 1.45. The topological polar surface area (TPSA) is 50.4 Å². The molecule has 2 aromatic rings. The molecular weight excluding hydrogens is 355 g/mol. The number of carbonyl (C=O) groups is 1. The van der Waals surface area contributed by atoms with Crippen molar-refractivity contribution in [3.63, 3.8) is 0 Å². The van der Waals surface area contributed by atoms with Crippen LogP contribution in [0.15, 0.2) is 42.5 Å². The van der Waals surface area contributed by atoms with E-state index in [-0.39, 0.29) is 15.2 Å². The zero-order valence-corrected chi connectivity index (χ0v) is 14.6. The second kappa shape index (κ2) is 8.15. The fourth-order valence-electron chi connectivity index (χ4n) is 1.88. The van der Waals surface area contributed by atoms with Gasteiger partial charge in [-0.1, -0.05) is 53.5 Å². The van der Waals surface area contributed by atoms with Gasteiger partial charge >= 0.3 is 0 Å². The third kappa shape index (κ3) is 4.82. The summed E-state index contributed by atoms with van der Waals surface area (Å²) in [5, 5.41) is 6.28. The Bertz CT molecular complexity index is 700. The molecule has 0 saturated heterocycles. The molecule has 0 unspecified atom stereocenters. The zero-order valence-electron chi connectivity index (χ0n) is 12.2. The third-order valence-corrected chi connectivity index (χ3v) is 3.80. The first kappa shape index (κ1) is 17.5. The Hall–Kier alpha value is -1.82. The zero-order chi connectivity index (χ0) is 16.8. The number of rotatable bonds is 4. The average Bonchev–Trinajstić information content (AvgIpc) is 2.53. The summed E-state index contributed by atoms with van der Waals surface area (Å²) in [6.45, 7) is 0.518. The van der Waals surface area contributed by atoms with Crippen LogP contribution in [0, 0.1) is 0 Å². The minimum atomic E-state index is -0.401. The van der Waals surface area contributed by atoms with Crippen LogP contribution in [0.2, 0.25) is 10.0 Å². The number of carbonyl (C=O) groups excluding carboxylic acids is 1. The molecule has 0 aliphatic rings. The predicted octanol–water partition coefficient (Wildman–Crippen LogP) is 3.81. The number of halogens is 2. The molecule has 0 bridgehead atoms. The van der Waals surface area contributed by atoms with Gasteiger partial charge in [-0.2, -0.15) is 0 Å². The van der Waals surface area contributed by atoms with Crippen molar-refractivity contribution < 1.29 is 9.53 Å². The van der Waals surface area contributed by atoms with E-state index < -0.39 is 5.91 Å². The maximum Gasteiger partial charge on any atom is 0.257 e. The lowest BCUT2D eigenvalue weighted by molar-refractivity contribution is 0.0976. The van der Waals surface area contributed by atoms with E-state index in [2.05, 4.69) is 10.6 Å². The molecule has 2 rings (SSSR count). The minimum absolute atomic E-state index is 0.224. The molecule has 4 nitrogen and oxygen atoms in total. The van der Waals surface area contributed by atoms with Gasteiger partial charge in [-0.3, -0.25) is 10.1 Å². The molecule has 1 amide bonds. The molecule has 0 fully saturated rings. The molecule has 0 aromatic heterocycles. The maximum absolute atomic E-state index is 12.2. The fourth-order valence-corrected chi connectivity index (χ4v) is 2.69. The van der Waals surface area contributed by atoms with E-state index in [0.29, 0.717) is 17.9 Å². The van der Waals surface area contributed by atoms with Crippen molar-refractivity contribution in [2.45, 2.75) is 6.54 Å². The van der Waals surface area contributed by atoms with E-state index in [0.717, 1.165) is 5.56 Å². The van der Waals surface area contributed by atoms with Crippen LogP contribution in [0.4, 0.5) is 0 Å². The normalized spacial score (nSPS) is 10.0. The molecule has 0 radical (unpaired) electrons. The Balaban J connectivity index is 1.97. The largest absolute Gasteiger partial charge is 0.494 e. The summed E-state index contributed by atoms with van der Waals surface area (Å²) >= 11 is 17.1. The summed E-state index contributed by atoms with van der Waals surface area (Å²) in [5.41, 5.74) is 1.35. The quantitative estimate of drug-likeness (QED) is 0.805. The van der Waals surface area contributed by atoms with Crippen molar-refractivity contribution >= 4 is 46.4 Å². The maximum atomic E-state index is 12.2. The van der Waals surface area contributed by atoms with Crippen LogP contribution in [0.25, 0.3) is 0 Å². The first-order chi connectivity index (χ1) is 11.0. The Morgan fingerprint density at radius 2 is 1.78 bits per heavy atom. The Morgan fingerprint density at radius 3 is 2.35 bits per heavy atom. The second-order valence-electron chi connectivity index (χ2n) is 4.60. The molecule has 0 aliphatic heterocycles. The van der Waals surface area contributed by atoms with E-state index >= 15 is 0 Å². The van der Waals surface area contributed by atoms with E-state index in [9.17, 15) is 4.79 Å². The average molecular weight is 369 g/mol. The van der Waals surface area contributed by atoms with Crippen LogP contribution >= 0.6 is 35.4 Å². The van der Waals surface area contributed by atoms with Gasteiger partial charge in [-0.15, -0.1) is 0 Å². The van der Waals surface area contributed by atoms with Crippen LogP contribution < -0.4 is 15.4 Å². The molecule has 0 heterocycles. The van der Waals surface area contributed by atoms with Gasteiger partial charge in [0.2, 0.25) is 0 Å². The Kier molecular flexibility index (Phi) is 6.21. The number of benzene rings is 2. The second-order valence-corrected chi connectivity index (χ2v) is 5.82. The molecular formula is C16H14Cl2N2O2S. The van der Waals surface area contributed by atoms with Crippen molar-refractivity contribution in [1.82, 2.24) is 10.6 Å². The third-order valence-electron chi connectivity index (χ3n) is 2.99. The lowest BCUT2D eigenvalue weighted by Gasteiger charge is -2.11. The summed E-state index contributed by atoms with van der Waals surface area (Å²) in [6.07, 6.45) is 0. The lowest BCUT2D eigenvalue weighted by Crippen LogP contribution is -2.38. The van der Waals surface area contributed by atoms with Gasteiger partial charge in [-0.05, 0) is 29.9 Å². The Labute approximate surface area is 149 Å². The fraction of sp³-hybridized carbons (Fsp3) is 0.125. The van der Waals surface area contributed by atoms with Crippen molar-refractivity contribution in [2.75, 3.05) is 7.11 Å². The molecule has 0 saturated carbocycles. The summed E-state index contributed by atoms with van der Waals surface area (Å²) in [5.74, 6) is -0.0725. The summed E-state index contributed by atoms with van der Waals surface area (Å²) in [4.78, 5) is 12.2. The number of amides is 1. The summed E-state index contributed by atoms with van der Waals surface area (Å²) < 4.78 is 5.05. The highest BCUT2D eigenvalue weighted by Crippen LogP contribution is 2.33. The van der Waals surface area contributed by atoms with Gasteiger partial charge in [0.15, 0.2) is 10.9 Å². The number of nitrogens with one attached hydrogen (secondary N) is 2. The number of hydrogen-bond donors (Lipinski definition) is 2. The first-order valence-corrected chi connectivity index (χ1v) is 7.84. The van der Waals surface area contributed by atoms with E-state index in [1.165, 1.54) is 19.2 Å². The smallest absolute Gasteiger partial charge is 0.257 e. The lowest BCUT2D eigenvalue weighted by atomic mass is 10.2. The summed E-state index contributed by atoms with van der Waals surface area (Å²) in [6, 6.07) is 12.7. The molecule has 2 aromatic carbocycles. The van der Waals surface area contributed by atoms with Crippen LogP contribution in [-0.4, -0.2) is 18.1 Å². The molecule has 23 heavy (non-hydrogen) atoms. The van der Waals surface area contributed by atoms with Crippen molar-refractivity contribution in [2.24, 2.45) is 0 Å². The highest BCUT2D eigenvalue weighted by Gasteiger charge is 2.14. The van der Waals surface area contributed by atoms with Gasteiger partial charge in [-0.25, -0.2) is 0 Å². The predicted molar refractivity (Wildman–Crippen MR) is 96.4 cm³/mol. The first-order valence-electron chi connectivity index (χ1n) is 6.67. The molecule has 120 valence electrons. The Morgan fingerprint density at radius 1 is 1.17 bits per heavy atom. The number of thiocarbonyl (C=S) groups is 1. The molecule has 0 aliphatic carbocycles. The van der Waals surface area contributed by atoms with Gasteiger partial charge in [0.25, 0.3) is 5.91 Å². The standard InChI is InChI=1S/C16H14Cl2N2O2S/c1-22-14-12(17)7-11(8-13(14)18)15(21)20-16(23)19-9-10-5-3-2-4-6-10/h2-8H,9H2,1H3,(H2,19,20,21,23). The number of hydrogen-bond acceptors (Lipinski definition) is 3. The van der Waals surface area contributed by atoms with Gasteiger partial charge in [0, 0.05) is 12.1 Å². The van der Waals surface area contributed by atoms with Crippen molar-refractivity contribution in [3.8, 4) is 5.75 Å². The van der Waals surface area contributed by atoms with Gasteiger partial charge in [0.05, 0.1) is 17.2 Å². The van der Waals surface area contributed by atoms with Crippen LogP contribution in [-0.2, 0) is 6.54 Å². The monoisotopic (exact) mass is 368 g/mol. The highest BCUT2D eigenvalue weighted by molar-refractivity contribution is 7.80. The van der Waals surface area contributed by atoms with E-state index in [4.69, 9.17) is 40.2 Å². The molecule has 2 N–H and O–H groups in total. The van der Waals surface area contributed by atoms with Crippen LogP contribution in [0.3, 0.4) is 0 Å². The molecule has 0 spiro atoms. The molecule has 0 atom stereocenters. The van der Waals surface area contributed by atoms with Gasteiger partial charge in [0.1, 0.15) is 0 Å². The van der Waals surface area contributed by atoms with Crippen LogP contribution in [0.1, 0.15) is 15.9 Å². The van der Waals surface area contributed by atoms with E-state index in [1.54, 1.807) is 0 Å². The van der Waals surface area contributed by atoms with Crippen LogP contribution in [0.5, 0.6) is 5.75 Å². The number of methoxy groups -OCH3 is 1. The SMILES string of the molecule is COc1c(Cl)cc(C(=O)NC(=S)NCc2ccccc2)cc1Cl. The van der Waals surface area contributed by atoms with Gasteiger partial charge < -0.3 is 10.1 Å². The number of ether oxygens (including phenoxy) is 1. The minimum Gasteiger partial charge on any atom is -0.494 e. The van der Waals surface area contributed by atoms with Crippen molar-refractivity contribution in [3.05, 3.63) is 63.6 Å². The van der Waals surface area contributed by atoms with E-state index in [1.807, 2.05) is 30.3 Å². The highest BCUT2D eigenvalue weighted by atomic mass is 35.5.